The van der Waals surface area contributed by atoms with Gasteiger partial charge in [0, 0.05) is 91.3 Å². The highest BCUT2D eigenvalue weighted by molar-refractivity contribution is 9.11. The maximum Gasteiger partial charge on any atom is 0.243 e. The number of piperidine rings is 4. The van der Waals surface area contributed by atoms with Crippen molar-refractivity contribution >= 4 is 67.8 Å². The number of rotatable bonds is 12. The third kappa shape index (κ3) is 13.7. The number of benzene rings is 5. The molecule has 0 radical (unpaired) electrons. The molecule has 9 heterocycles. The van der Waals surface area contributed by atoms with Crippen LogP contribution in [0.4, 0.5) is 4.39 Å². The molecule has 6 aromatic rings. The first kappa shape index (κ1) is 71.9. The van der Waals surface area contributed by atoms with Gasteiger partial charge in [-0.1, -0.05) is 194 Å². The lowest BCUT2D eigenvalue weighted by atomic mass is 9.57. The average Bonchev–Trinajstić information content (AvgIpc) is 0.717. The molecule has 12 unspecified atom stereocenters. The molecule has 8 bridgehead atoms. The number of halogens is 4. The van der Waals surface area contributed by atoms with E-state index in [9.17, 15) is 21.2 Å². The lowest BCUT2D eigenvalue weighted by molar-refractivity contribution is 0.0309. The van der Waals surface area contributed by atoms with Gasteiger partial charge in [-0.25, -0.2) is 21.2 Å². The second kappa shape index (κ2) is 26.9. The van der Waals surface area contributed by atoms with Crippen LogP contribution in [0.25, 0.3) is 11.1 Å². The van der Waals surface area contributed by atoms with E-state index in [4.69, 9.17) is 0 Å². The van der Waals surface area contributed by atoms with Crippen LogP contribution in [0.5, 0.6) is 0 Å². The summed E-state index contributed by atoms with van der Waals surface area (Å²) in [5, 5.41) is 7.80. The Bertz CT molecular complexity index is 4170. The fourth-order valence-corrected chi connectivity index (χ4v) is 24.2. The fourth-order valence-electron chi connectivity index (χ4n) is 19.2. The van der Waals surface area contributed by atoms with Gasteiger partial charge < -0.3 is 10.6 Å². The van der Waals surface area contributed by atoms with Gasteiger partial charge in [0.1, 0.15) is 5.82 Å². The monoisotopic (exact) mass is 1510 g/mol. The summed E-state index contributed by atoms with van der Waals surface area (Å²) in [6, 6.07) is 36.5. The molecule has 8 aliphatic heterocycles. The molecule has 4 saturated heterocycles. The van der Waals surface area contributed by atoms with Crippen LogP contribution in [-0.4, -0.2) is 60.9 Å². The Balaban J connectivity index is 0.000000130. The van der Waals surface area contributed by atoms with Crippen molar-refractivity contribution in [1.29, 1.82) is 0 Å². The molecule has 12 atom stereocenters. The number of hydrogen-bond donors (Lipinski definition) is 2. The zero-order valence-corrected chi connectivity index (χ0v) is 64.5. The smallest absolute Gasteiger partial charge is 0.243 e. The van der Waals surface area contributed by atoms with Crippen molar-refractivity contribution in [2.24, 2.45) is 27.6 Å². The molecule has 0 amide bonds. The van der Waals surface area contributed by atoms with Crippen molar-refractivity contribution in [3.63, 3.8) is 0 Å². The van der Waals surface area contributed by atoms with Gasteiger partial charge in [-0.2, -0.15) is 8.61 Å². The van der Waals surface area contributed by atoms with Gasteiger partial charge in [0.25, 0.3) is 0 Å². The van der Waals surface area contributed by atoms with Crippen LogP contribution in [0.15, 0.2) is 176 Å². The number of nitrogens with one attached hydrogen (secondary N) is 2. The van der Waals surface area contributed by atoms with E-state index in [0.717, 1.165) is 56.4 Å². The van der Waals surface area contributed by atoms with Crippen LogP contribution < -0.4 is 10.6 Å². The number of nitrogens with zero attached hydrogens (tertiary/aromatic N) is 3. The maximum absolute atomic E-state index is 13.7. The lowest BCUT2D eigenvalue weighted by Gasteiger charge is -2.58. The van der Waals surface area contributed by atoms with E-state index < -0.39 is 25.9 Å². The van der Waals surface area contributed by atoms with Gasteiger partial charge in [-0.15, -0.1) is 19.7 Å². The topological polar surface area (TPSA) is 112 Å². The number of sulfonamides is 2. The molecule has 0 saturated carbocycles. The van der Waals surface area contributed by atoms with Crippen LogP contribution >= 0.6 is 47.8 Å². The van der Waals surface area contributed by atoms with Crippen molar-refractivity contribution in [1.82, 2.24) is 24.2 Å². The minimum atomic E-state index is -3.80. The van der Waals surface area contributed by atoms with Crippen LogP contribution in [-0.2, 0) is 20.0 Å². The minimum absolute atomic E-state index is 0.0324. The molecule has 5 aromatic carbocycles. The van der Waals surface area contributed by atoms with Crippen LogP contribution in [0.1, 0.15) is 234 Å². The number of hydrogen-bond acceptors (Lipinski definition) is 7. The first-order chi connectivity index (χ1) is 44.4. The van der Waals surface area contributed by atoms with Gasteiger partial charge in [0.15, 0.2) is 0 Å². The van der Waals surface area contributed by atoms with E-state index in [-0.39, 0.29) is 51.7 Å². The molecule has 12 aliphatic rings. The summed E-state index contributed by atoms with van der Waals surface area (Å²) in [7, 11) is -7.08. The number of aromatic nitrogens is 1. The van der Waals surface area contributed by atoms with E-state index in [2.05, 4.69) is 214 Å². The van der Waals surface area contributed by atoms with E-state index in [1.807, 2.05) is 56.6 Å². The van der Waals surface area contributed by atoms with Crippen LogP contribution in [0.2, 0.25) is 0 Å². The zero-order valence-electron chi connectivity index (χ0n) is 58.1. The Hall–Kier alpha value is -4.42. The molecule has 95 heavy (non-hydrogen) atoms. The summed E-state index contributed by atoms with van der Waals surface area (Å²) in [4.78, 5) is 4.48. The first-order valence-electron chi connectivity index (χ1n) is 34.1. The molecule has 9 nitrogen and oxygen atoms in total. The largest absolute Gasteiger partial charge is 0.306 e. The molecule has 508 valence electrons. The minimum Gasteiger partial charge on any atom is -0.306 e. The second-order valence-electron chi connectivity index (χ2n) is 32.3. The van der Waals surface area contributed by atoms with Crippen molar-refractivity contribution < 1.29 is 21.2 Å². The quantitative estimate of drug-likeness (QED) is 0.117. The highest BCUT2D eigenvalue weighted by Gasteiger charge is 2.59. The average molecular weight is 1520 g/mol. The highest BCUT2D eigenvalue weighted by atomic mass is 79.9. The highest BCUT2D eigenvalue weighted by Crippen LogP contribution is 2.65. The van der Waals surface area contributed by atoms with Crippen molar-refractivity contribution in [3.05, 3.63) is 222 Å². The summed E-state index contributed by atoms with van der Waals surface area (Å²) >= 11 is 11.2. The van der Waals surface area contributed by atoms with Crippen molar-refractivity contribution in [2.75, 3.05) is 6.26 Å². The lowest BCUT2D eigenvalue weighted by Crippen LogP contribution is -2.58. The summed E-state index contributed by atoms with van der Waals surface area (Å²) in [6.07, 6.45) is 12.9. The van der Waals surface area contributed by atoms with Gasteiger partial charge in [-0.05, 0) is 198 Å². The summed E-state index contributed by atoms with van der Waals surface area (Å²) in [5.74, 6) is 1.64. The van der Waals surface area contributed by atoms with E-state index in [1.165, 1.54) is 98.8 Å². The predicted molar refractivity (Wildman–Crippen MR) is 399 cm³/mol. The van der Waals surface area contributed by atoms with Crippen molar-refractivity contribution in [2.45, 2.75) is 218 Å². The SMILES string of the molecule is C=C(C)CC1C2c3c(Br)cccc3C(CC2(C)C)N1S(=O)(=O)c1ccc(F)cc1.C=C(C)CC1C2c3c(Br)cccc3C(CC2(C)C)N1S(C)(=O)=O.C=C(C)CC1NC2CC(C)(C)C1c1c(-c3cccnc3)cccc12.CC(C)CC1NC2CC(C)(C)C1c1c(Br)cccc12. The maximum atomic E-state index is 13.7. The summed E-state index contributed by atoms with van der Waals surface area (Å²) in [5.41, 5.74) is 17.4. The Morgan fingerprint density at radius 2 is 0.968 bits per heavy atom. The molecule has 2 N–H and O–H groups in total. The molecule has 15 heteroatoms. The van der Waals surface area contributed by atoms with E-state index in [1.54, 1.807) is 14.2 Å². The Kier molecular flexibility index (Phi) is 20.4. The summed E-state index contributed by atoms with van der Waals surface area (Å²) in [6.45, 7) is 41.7. The Morgan fingerprint density at radius 3 is 1.43 bits per heavy atom. The molecule has 18 rings (SSSR count). The summed E-state index contributed by atoms with van der Waals surface area (Å²) < 4.78 is 72.9. The van der Waals surface area contributed by atoms with Gasteiger partial charge in [0.2, 0.25) is 20.0 Å². The standard InChI is InChI=1S/C23H25BrFNO2S.C22H26N2.C18H24BrNO2S.C17H24BrN/c1-14(2)12-19-22-21-17(6-5-7-18(21)24)20(13-23(22,3)4)26(19)29(27,28)16-10-8-15(25)9-11-16;1-14(2)11-18-21-20-16(15-7-6-10-23-13-15)8-5-9-17(20)19(24-18)12-22(21,3)4;1-11(2)9-14-17-16-12(7-6-8-13(16)19)15(10-18(17,3)4)20(14)23(5,21)22;1-10(2)8-13-16-15-11(6-5-7-12(15)18)14(19-13)9-17(16,3)4/h5-11,19-20,22H,1,12-13H2,2-4H3;5-10,13,18-19,21,24H,1,11-12H2,2-4H3;6-8,14-15,17H,1,9-10H2,2-5H3;5-7,10,13-14,16,19H,8-9H2,1-4H3. The van der Waals surface area contributed by atoms with Crippen molar-refractivity contribution in [3.8, 4) is 11.1 Å². The van der Waals surface area contributed by atoms with Gasteiger partial charge >= 0.3 is 0 Å². The molecule has 4 fully saturated rings. The predicted octanol–water partition coefficient (Wildman–Crippen LogP) is 21.1. The van der Waals surface area contributed by atoms with Gasteiger partial charge in [-0.3, -0.25) is 4.98 Å². The molecular weight excluding hydrogens is 1420 g/mol. The molecule has 4 aliphatic carbocycles. The molecular formula is C80H99Br3FN5O4S2. The van der Waals surface area contributed by atoms with E-state index >= 15 is 0 Å². The normalized spacial score (nSPS) is 28.0. The Morgan fingerprint density at radius 1 is 0.547 bits per heavy atom. The number of pyridine rings is 1. The number of fused-ring (bicyclic) bond motifs is 8. The first-order valence-corrected chi connectivity index (χ1v) is 39.7. The van der Waals surface area contributed by atoms with Gasteiger partial charge in [0.05, 0.1) is 23.2 Å². The second-order valence-corrected chi connectivity index (χ2v) is 38.6. The third-order valence-corrected chi connectivity index (χ3v) is 27.5. The van der Waals surface area contributed by atoms with E-state index in [0.29, 0.717) is 59.7 Å². The van der Waals surface area contributed by atoms with Crippen LogP contribution in [0, 0.1) is 33.4 Å². The fraction of sp³-hybridized carbons (Fsp3) is 0.487. The zero-order chi connectivity index (χ0) is 69.0. The van der Waals surface area contributed by atoms with Crippen LogP contribution in [0.3, 0.4) is 0 Å². The molecule has 0 spiro atoms. The Labute approximate surface area is 593 Å². The third-order valence-electron chi connectivity index (χ3n) is 22.2. The molecule has 1 aromatic heterocycles.